The van der Waals surface area contributed by atoms with Crippen LogP contribution in [0.5, 0.6) is 0 Å². The van der Waals surface area contributed by atoms with E-state index in [-0.39, 0.29) is 34.6 Å². The van der Waals surface area contributed by atoms with Crippen molar-refractivity contribution in [2.24, 2.45) is 0 Å². The normalized spacial score (nSPS) is 10.2. The summed E-state index contributed by atoms with van der Waals surface area (Å²) in [7, 11) is 0. The molecule has 0 aliphatic heterocycles. The molecule has 0 saturated heterocycles. The zero-order valence-corrected chi connectivity index (χ0v) is 14.8. The summed E-state index contributed by atoms with van der Waals surface area (Å²) in [5, 5.41) is 22.5. The molecule has 2 aromatic carbocycles. The number of pyridine rings is 1. The molecule has 0 saturated carbocycles. The van der Waals surface area contributed by atoms with Crippen LogP contribution in [0.1, 0.15) is 21.5 Å². The van der Waals surface area contributed by atoms with E-state index in [1.165, 1.54) is 59.3 Å². The van der Waals surface area contributed by atoms with Crippen molar-refractivity contribution in [1.29, 1.82) is 5.26 Å². The number of aromatic nitrogens is 1. The standard InChI is InChI=1S/C20H13FN4O4/c21-16-4-1-13(2-5-16)11-24-12-14(3-8-19(24)26)20(27)23-18-7-6-17(25(28)29)9-15(18)10-22/h1-9,12H,11H2,(H,23,27). The SMILES string of the molecule is N#Cc1cc([N+](=O)[O-])ccc1NC(=O)c1ccc(=O)n(Cc2ccc(F)cc2)c1. The average molecular weight is 392 g/mol. The summed E-state index contributed by atoms with van der Waals surface area (Å²) in [6.45, 7) is 0.140. The molecule has 0 spiro atoms. The largest absolute Gasteiger partial charge is 0.321 e. The lowest BCUT2D eigenvalue weighted by Crippen LogP contribution is -2.22. The fraction of sp³-hybridized carbons (Fsp3) is 0.0500. The van der Waals surface area contributed by atoms with E-state index in [9.17, 15) is 29.4 Å². The van der Waals surface area contributed by atoms with Crippen LogP contribution in [0, 0.1) is 27.3 Å². The van der Waals surface area contributed by atoms with E-state index in [0.717, 1.165) is 6.07 Å². The van der Waals surface area contributed by atoms with Crippen molar-refractivity contribution in [3.63, 3.8) is 0 Å². The molecule has 1 heterocycles. The van der Waals surface area contributed by atoms with E-state index in [1.807, 2.05) is 0 Å². The summed E-state index contributed by atoms with van der Waals surface area (Å²) < 4.78 is 14.3. The highest BCUT2D eigenvalue weighted by molar-refractivity contribution is 6.04. The Bertz CT molecular complexity index is 1200. The van der Waals surface area contributed by atoms with Crippen molar-refractivity contribution in [3.05, 3.63) is 104 Å². The molecule has 29 heavy (non-hydrogen) atoms. The van der Waals surface area contributed by atoms with E-state index in [1.54, 1.807) is 6.07 Å². The van der Waals surface area contributed by atoms with Crippen molar-refractivity contribution in [1.82, 2.24) is 4.57 Å². The highest BCUT2D eigenvalue weighted by Gasteiger charge is 2.14. The Balaban J connectivity index is 1.85. The van der Waals surface area contributed by atoms with E-state index in [4.69, 9.17) is 0 Å². The third-order valence-corrected chi connectivity index (χ3v) is 4.09. The van der Waals surface area contributed by atoms with Gasteiger partial charge in [-0.3, -0.25) is 19.7 Å². The third kappa shape index (κ3) is 4.51. The maximum atomic E-state index is 13.0. The molecule has 8 nitrogen and oxygen atoms in total. The number of carbonyl (C=O) groups is 1. The van der Waals surface area contributed by atoms with Gasteiger partial charge < -0.3 is 9.88 Å². The zero-order valence-electron chi connectivity index (χ0n) is 14.8. The molecule has 0 aliphatic rings. The van der Waals surface area contributed by atoms with E-state index >= 15 is 0 Å². The second-order valence-electron chi connectivity index (χ2n) is 6.06. The van der Waals surface area contributed by atoms with Crippen molar-refractivity contribution >= 4 is 17.3 Å². The van der Waals surface area contributed by atoms with Crippen molar-refractivity contribution in [3.8, 4) is 6.07 Å². The van der Waals surface area contributed by atoms with Gasteiger partial charge in [0.05, 0.1) is 28.3 Å². The van der Waals surface area contributed by atoms with Crippen LogP contribution >= 0.6 is 0 Å². The van der Waals surface area contributed by atoms with Crippen molar-refractivity contribution in [2.75, 3.05) is 5.32 Å². The Morgan fingerprint density at radius 2 is 1.90 bits per heavy atom. The molecular formula is C20H13FN4O4. The van der Waals surface area contributed by atoms with Crippen molar-refractivity contribution in [2.45, 2.75) is 6.54 Å². The van der Waals surface area contributed by atoms with Gasteiger partial charge in [-0.1, -0.05) is 12.1 Å². The van der Waals surface area contributed by atoms with Gasteiger partial charge >= 0.3 is 0 Å². The Kier molecular flexibility index (Phi) is 5.46. The van der Waals surface area contributed by atoms with Crippen molar-refractivity contribution < 1.29 is 14.1 Å². The first kappa shape index (κ1) is 19.4. The number of hydrogen-bond acceptors (Lipinski definition) is 5. The van der Waals surface area contributed by atoms with Gasteiger partial charge in [0.1, 0.15) is 11.9 Å². The molecule has 3 aromatic rings. The van der Waals surface area contributed by atoms with Gasteiger partial charge in [0, 0.05) is 24.4 Å². The second kappa shape index (κ2) is 8.14. The monoisotopic (exact) mass is 392 g/mol. The van der Waals surface area contributed by atoms with Gasteiger partial charge in [0.15, 0.2) is 0 Å². The van der Waals surface area contributed by atoms with E-state index < -0.39 is 16.6 Å². The zero-order chi connectivity index (χ0) is 21.0. The summed E-state index contributed by atoms with van der Waals surface area (Å²) >= 11 is 0. The minimum absolute atomic E-state index is 0.0628. The molecule has 0 bridgehead atoms. The highest BCUT2D eigenvalue weighted by Crippen LogP contribution is 2.22. The summed E-state index contributed by atoms with van der Waals surface area (Å²) in [5.41, 5.74) is 0.250. The maximum absolute atomic E-state index is 13.0. The number of nitro groups is 1. The quantitative estimate of drug-likeness (QED) is 0.529. The first-order valence-electron chi connectivity index (χ1n) is 8.32. The fourth-order valence-corrected chi connectivity index (χ4v) is 2.62. The number of hydrogen-bond donors (Lipinski definition) is 1. The lowest BCUT2D eigenvalue weighted by molar-refractivity contribution is -0.384. The number of nitro benzene ring substituents is 1. The number of nitrogens with one attached hydrogen (secondary N) is 1. The molecular weight excluding hydrogens is 379 g/mol. The number of rotatable bonds is 5. The number of benzene rings is 2. The molecule has 0 unspecified atom stereocenters. The van der Waals surface area contributed by atoms with Crippen LogP contribution in [0.4, 0.5) is 15.8 Å². The molecule has 0 fully saturated rings. The molecule has 0 radical (unpaired) electrons. The molecule has 144 valence electrons. The maximum Gasteiger partial charge on any atom is 0.270 e. The molecule has 3 rings (SSSR count). The number of nitriles is 1. The Hall–Kier alpha value is -4.32. The first-order valence-corrected chi connectivity index (χ1v) is 8.32. The molecule has 0 atom stereocenters. The minimum atomic E-state index is -0.641. The van der Waals surface area contributed by atoms with Crippen LogP contribution in [0.2, 0.25) is 0 Å². The van der Waals surface area contributed by atoms with Crippen LogP contribution < -0.4 is 10.9 Å². The van der Waals surface area contributed by atoms with Crippen LogP contribution in [0.3, 0.4) is 0 Å². The summed E-state index contributed by atoms with van der Waals surface area (Å²) in [6, 6.07) is 13.5. The van der Waals surface area contributed by atoms with E-state index in [2.05, 4.69) is 5.32 Å². The number of anilines is 1. The Morgan fingerprint density at radius 1 is 1.17 bits per heavy atom. The average Bonchev–Trinajstić information content (AvgIpc) is 2.71. The van der Waals surface area contributed by atoms with Gasteiger partial charge in [-0.25, -0.2) is 4.39 Å². The van der Waals surface area contributed by atoms with Gasteiger partial charge in [-0.2, -0.15) is 5.26 Å². The Morgan fingerprint density at radius 3 is 2.55 bits per heavy atom. The van der Waals surface area contributed by atoms with Crippen LogP contribution in [-0.4, -0.2) is 15.4 Å². The van der Waals surface area contributed by atoms with Gasteiger partial charge in [-0.15, -0.1) is 0 Å². The Labute approximate surface area is 163 Å². The fourth-order valence-electron chi connectivity index (χ4n) is 2.62. The predicted octanol–water partition coefficient (Wildman–Crippen LogP) is 3.07. The first-order chi connectivity index (χ1) is 13.9. The molecule has 1 N–H and O–H groups in total. The number of carbonyl (C=O) groups excluding carboxylic acids is 1. The van der Waals surface area contributed by atoms with Crippen LogP contribution in [-0.2, 0) is 6.54 Å². The van der Waals surface area contributed by atoms with Gasteiger partial charge in [-0.05, 0) is 29.8 Å². The lowest BCUT2D eigenvalue weighted by atomic mass is 10.1. The number of halogens is 1. The van der Waals surface area contributed by atoms with E-state index in [0.29, 0.717) is 5.56 Å². The van der Waals surface area contributed by atoms with Gasteiger partial charge in [0.2, 0.25) is 0 Å². The second-order valence-corrected chi connectivity index (χ2v) is 6.06. The molecule has 1 aromatic heterocycles. The number of nitrogens with zero attached hydrogens (tertiary/aromatic N) is 3. The molecule has 1 amide bonds. The van der Waals surface area contributed by atoms with Crippen LogP contribution in [0.25, 0.3) is 0 Å². The topological polar surface area (TPSA) is 118 Å². The van der Waals surface area contributed by atoms with Crippen LogP contribution in [0.15, 0.2) is 65.6 Å². The molecule has 0 aliphatic carbocycles. The smallest absolute Gasteiger partial charge is 0.270 e. The highest BCUT2D eigenvalue weighted by atomic mass is 19.1. The minimum Gasteiger partial charge on any atom is -0.321 e. The summed E-state index contributed by atoms with van der Waals surface area (Å²) in [6.07, 6.45) is 1.35. The number of non-ortho nitro benzene ring substituents is 1. The summed E-state index contributed by atoms with van der Waals surface area (Å²) in [4.78, 5) is 34.8. The number of amides is 1. The predicted molar refractivity (Wildman–Crippen MR) is 102 cm³/mol. The molecule has 9 heteroatoms. The third-order valence-electron chi connectivity index (χ3n) is 4.09. The van der Waals surface area contributed by atoms with Gasteiger partial charge in [0.25, 0.3) is 17.2 Å². The lowest BCUT2D eigenvalue weighted by Gasteiger charge is -2.10. The summed E-state index contributed by atoms with van der Waals surface area (Å²) in [5.74, 6) is -0.992.